The molecule has 0 fully saturated rings. The van der Waals surface area contributed by atoms with Crippen LogP contribution < -0.4 is 10.0 Å². The fourth-order valence-corrected chi connectivity index (χ4v) is 3.45. The first-order valence-electron chi connectivity index (χ1n) is 6.95. The Kier molecular flexibility index (Phi) is 5.51. The summed E-state index contributed by atoms with van der Waals surface area (Å²) in [4.78, 5) is 0. The molecule has 1 aromatic carbocycles. The van der Waals surface area contributed by atoms with Gasteiger partial charge < -0.3 is 5.32 Å². The topological polar surface area (TPSA) is 82.0 Å². The number of nitriles is 1. The Hall–Kier alpha value is -1.68. The fraction of sp³-hybridized carbons (Fsp3) is 0.400. The second-order valence-electron chi connectivity index (χ2n) is 4.99. The van der Waals surface area contributed by atoms with Crippen LogP contribution in [0.4, 0.5) is 0 Å². The zero-order chi connectivity index (χ0) is 15.1. The van der Waals surface area contributed by atoms with Crippen molar-refractivity contribution in [2.45, 2.75) is 18.6 Å². The van der Waals surface area contributed by atoms with Crippen molar-refractivity contribution in [3.8, 4) is 6.07 Å². The van der Waals surface area contributed by atoms with Crippen LogP contribution in [-0.2, 0) is 15.8 Å². The van der Waals surface area contributed by atoms with Crippen molar-refractivity contribution in [3.05, 3.63) is 47.0 Å². The van der Waals surface area contributed by atoms with Crippen molar-refractivity contribution >= 4 is 10.0 Å². The minimum atomic E-state index is -3.41. The molecular weight excluding hydrogens is 286 g/mol. The van der Waals surface area contributed by atoms with Crippen molar-refractivity contribution < 1.29 is 8.42 Å². The maximum atomic E-state index is 12.1. The highest BCUT2D eigenvalue weighted by Crippen LogP contribution is 2.12. The van der Waals surface area contributed by atoms with Gasteiger partial charge in [-0.15, -0.1) is 0 Å². The molecule has 112 valence electrons. The summed E-state index contributed by atoms with van der Waals surface area (Å²) in [6.45, 7) is 2.22. The largest absolute Gasteiger partial charge is 0.313 e. The lowest BCUT2D eigenvalue weighted by Crippen LogP contribution is -2.28. The molecule has 0 atom stereocenters. The molecule has 0 bridgehead atoms. The molecule has 0 amide bonds. The van der Waals surface area contributed by atoms with E-state index in [1.807, 2.05) is 6.07 Å². The predicted octanol–water partition coefficient (Wildman–Crippen LogP) is 1.29. The maximum Gasteiger partial charge on any atom is 0.215 e. The molecule has 0 aliphatic carbocycles. The van der Waals surface area contributed by atoms with Gasteiger partial charge in [-0.1, -0.05) is 29.8 Å². The molecule has 21 heavy (non-hydrogen) atoms. The number of benzene rings is 1. The Morgan fingerprint density at radius 3 is 2.86 bits per heavy atom. The summed E-state index contributed by atoms with van der Waals surface area (Å²) >= 11 is 0. The first-order valence-corrected chi connectivity index (χ1v) is 8.60. The van der Waals surface area contributed by atoms with Crippen LogP contribution in [0.5, 0.6) is 0 Å². The van der Waals surface area contributed by atoms with E-state index in [9.17, 15) is 8.42 Å². The lowest BCUT2D eigenvalue weighted by molar-refractivity contribution is 0.579. The van der Waals surface area contributed by atoms with Crippen LogP contribution in [-0.4, -0.2) is 28.1 Å². The summed E-state index contributed by atoms with van der Waals surface area (Å²) in [5.41, 5.74) is 2.23. The molecule has 0 aromatic heterocycles. The summed E-state index contributed by atoms with van der Waals surface area (Å²) in [6, 6.07) is 8.79. The molecule has 0 saturated heterocycles. The third-order valence-corrected chi connectivity index (χ3v) is 4.74. The predicted molar refractivity (Wildman–Crippen MR) is 82.0 cm³/mol. The summed E-state index contributed by atoms with van der Waals surface area (Å²) in [6.07, 6.45) is 3.82. The molecule has 2 N–H and O–H groups in total. The van der Waals surface area contributed by atoms with Gasteiger partial charge in [0.25, 0.3) is 0 Å². The molecule has 0 saturated carbocycles. The van der Waals surface area contributed by atoms with E-state index in [1.54, 1.807) is 24.3 Å². The first kappa shape index (κ1) is 15.7. The second-order valence-corrected chi connectivity index (χ2v) is 6.80. The van der Waals surface area contributed by atoms with Crippen molar-refractivity contribution in [2.24, 2.45) is 0 Å². The van der Waals surface area contributed by atoms with Gasteiger partial charge in [0.1, 0.15) is 0 Å². The molecule has 1 aliphatic heterocycles. The number of nitrogens with zero attached hydrogens (tertiary/aromatic N) is 1. The number of nitrogens with one attached hydrogen (secondary N) is 2. The maximum absolute atomic E-state index is 12.1. The summed E-state index contributed by atoms with van der Waals surface area (Å²) in [5, 5.41) is 12.2. The first-order chi connectivity index (χ1) is 10.1. The van der Waals surface area contributed by atoms with Crippen LogP contribution in [0.1, 0.15) is 24.0 Å². The Balaban J connectivity index is 1.90. The third-order valence-electron chi connectivity index (χ3n) is 3.41. The van der Waals surface area contributed by atoms with Gasteiger partial charge in [-0.25, -0.2) is 13.1 Å². The van der Waals surface area contributed by atoms with Crippen LogP contribution >= 0.6 is 0 Å². The highest BCUT2D eigenvalue weighted by Gasteiger charge is 2.14. The molecule has 1 aromatic rings. The van der Waals surface area contributed by atoms with Gasteiger partial charge in [0, 0.05) is 13.1 Å². The molecule has 5 nitrogen and oxygen atoms in total. The van der Waals surface area contributed by atoms with Gasteiger partial charge in [-0.3, -0.25) is 0 Å². The van der Waals surface area contributed by atoms with Gasteiger partial charge in [0.05, 0.1) is 17.4 Å². The van der Waals surface area contributed by atoms with Gasteiger partial charge in [0.2, 0.25) is 10.0 Å². The Morgan fingerprint density at radius 1 is 1.33 bits per heavy atom. The molecule has 1 heterocycles. The SMILES string of the molecule is N#Cc1ccccc1CS(=O)(=O)NCCC1=CCNCC1. The molecule has 0 radical (unpaired) electrons. The minimum Gasteiger partial charge on any atom is -0.313 e. The highest BCUT2D eigenvalue weighted by molar-refractivity contribution is 7.88. The van der Waals surface area contributed by atoms with E-state index in [-0.39, 0.29) is 5.75 Å². The minimum absolute atomic E-state index is 0.155. The van der Waals surface area contributed by atoms with Crippen LogP contribution in [0.2, 0.25) is 0 Å². The quantitative estimate of drug-likeness (QED) is 0.776. The summed E-state index contributed by atoms with van der Waals surface area (Å²) in [5.74, 6) is -0.155. The van der Waals surface area contributed by atoms with Gasteiger partial charge in [-0.05, 0) is 31.0 Å². The number of rotatable bonds is 6. The average molecular weight is 305 g/mol. The highest BCUT2D eigenvalue weighted by atomic mass is 32.2. The average Bonchev–Trinajstić information content (AvgIpc) is 2.48. The van der Waals surface area contributed by atoms with Crippen LogP contribution in [0.25, 0.3) is 0 Å². The van der Waals surface area contributed by atoms with Crippen molar-refractivity contribution in [1.29, 1.82) is 5.26 Å². The Morgan fingerprint density at radius 2 is 2.14 bits per heavy atom. The standard InChI is InChI=1S/C15H19N3O2S/c16-11-14-3-1-2-4-15(14)12-21(19,20)18-10-7-13-5-8-17-9-6-13/h1-5,17-18H,6-10,12H2. The number of hydrogen-bond donors (Lipinski definition) is 2. The second kappa shape index (κ2) is 7.36. The van der Waals surface area contributed by atoms with Crippen LogP contribution in [0.15, 0.2) is 35.9 Å². The van der Waals surface area contributed by atoms with Crippen molar-refractivity contribution in [2.75, 3.05) is 19.6 Å². The van der Waals surface area contributed by atoms with Crippen LogP contribution in [0, 0.1) is 11.3 Å². The lowest BCUT2D eigenvalue weighted by atomic mass is 10.1. The zero-order valence-corrected chi connectivity index (χ0v) is 12.6. The van der Waals surface area contributed by atoms with Crippen molar-refractivity contribution in [3.63, 3.8) is 0 Å². The van der Waals surface area contributed by atoms with E-state index in [4.69, 9.17) is 5.26 Å². The number of hydrogen-bond acceptors (Lipinski definition) is 4. The fourth-order valence-electron chi connectivity index (χ4n) is 2.27. The third kappa shape index (κ3) is 4.97. The van der Waals surface area contributed by atoms with E-state index < -0.39 is 10.0 Å². The normalized spacial score (nSPS) is 15.3. The molecular formula is C15H19N3O2S. The smallest absolute Gasteiger partial charge is 0.215 e. The Bertz CT molecular complexity index is 660. The number of sulfonamides is 1. The van der Waals surface area contributed by atoms with Gasteiger partial charge in [0.15, 0.2) is 0 Å². The zero-order valence-electron chi connectivity index (χ0n) is 11.8. The molecule has 6 heteroatoms. The van der Waals surface area contributed by atoms with Crippen LogP contribution in [0.3, 0.4) is 0 Å². The molecule has 0 spiro atoms. The lowest BCUT2D eigenvalue weighted by Gasteiger charge is -2.14. The van der Waals surface area contributed by atoms with E-state index in [0.717, 1.165) is 25.9 Å². The van der Waals surface area contributed by atoms with E-state index >= 15 is 0 Å². The molecule has 2 rings (SSSR count). The molecule has 0 unspecified atom stereocenters. The summed E-state index contributed by atoms with van der Waals surface area (Å²) < 4.78 is 26.7. The van der Waals surface area contributed by atoms with Crippen molar-refractivity contribution in [1.82, 2.24) is 10.0 Å². The monoisotopic (exact) mass is 305 g/mol. The molecule has 1 aliphatic rings. The summed E-state index contributed by atoms with van der Waals surface area (Å²) in [7, 11) is -3.41. The van der Waals surface area contributed by atoms with E-state index in [2.05, 4.69) is 16.1 Å². The van der Waals surface area contributed by atoms with Gasteiger partial charge >= 0.3 is 0 Å². The van der Waals surface area contributed by atoms with Gasteiger partial charge in [-0.2, -0.15) is 5.26 Å². The van der Waals surface area contributed by atoms with E-state index in [0.29, 0.717) is 17.7 Å². The Labute approximate surface area is 125 Å². The van der Waals surface area contributed by atoms with E-state index in [1.165, 1.54) is 5.57 Å².